The predicted molar refractivity (Wildman–Crippen MR) is 152 cm³/mol. The van der Waals surface area contributed by atoms with Gasteiger partial charge in [0.2, 0.25) is 5.91 Å². The molecule has 0 spiro atoms. The van der Waals surface area contributed by atoms with Crippen LogP contribution in [0.25, 0.3) is 11.1 Å². The van der Waals surface area contributed by atoms with E-state index in [9.17, 15) is 9.59 Å². The Morgan fingerprint density at radius 1 is 1.13 bits per heavy atom. The Labute approximate surface area is 229 Å². The standard InChI is InChI=1S/C29H28N4O3S2/c1-4-15-33-26(22-16-21(22)19-11-7-5-8-12-19)31-32-29(33)37-17-23(34)30-27-25(28(35)36-3)24(18(2)38-27)20-13-9-6-10-14-20/h4-14,21-22H,1,15-17H2,2-3H3,(H,30,34). The number of methoxy groups -OCH3 is 1. The van der Waals surface area contributed by atoms with Crippen molar-refractivity contribution >= 4 is 40.0 Å². The summed E-state index contributed by atoms with van der Waals surface area (Å²) in [4.78, 5) is 26.7. The minimum absolute atomic E-state index is 0.125. The summed E-state index contributed by atoms with van der Waals surface area (Å²) in [6.07, 6.45) is 2.85. The first-order valence-electron chi connectivity index (χ1n) is 12.3. The first kappa shape index (κ1) is 25.9. The zero-order chi connectivity index (χ0) is 26.6. The van der Waals surface area contributed by atoms with Crippen molar-refractivity contribution in [1.29, 1.82) is 0 Å². The van der Waals surface area contributed by atoms with Gasteiger partial charge in [0.1, 0.15) is 16.4 Å². The number of aryl methyl sites for hydroxylation is 1. The number of hydrogen-bond donors (Lipinski definition) is 1. The summed E-state index contributed by atoms with van der Waals surface area (Å²) in [6.45, 7) is 6.39. The van der Waals surface area contributed by atoms with Crippen LogP contribution in [-0.2, 0) is 16.1 Å². The number of allylic oxidation sites excluding steroid dienone is 1. The Kier molecular flexibility index (Phi) is 7.76. The van der Waals surface area contributed by atoms with Crippen molar-refractivity contribution < 1.29 is 14.3 Å². The quantitative estimate of drug-likeness (QED) is 0.143. The first-order valence-corrected chi connectivity index (χ1v) is 14.1. The highest BCUT2D eigenvalue weighted by Gasteiger charge is 2.43. The second-order valence-electron chi connectivity index (χ2n) is 9.03. The number of anilines is 1. The van der Waals surface area contributed by atoms with E-state index in [-0.39, 0.29) is 11.7 Å². The topological polar surface area (TPSA) is 86.1 Å². The first-order chi connectivity index (χ1) is 18.5. The molecule has 1 saturated carbocycles. The fourth-order valence-corrected chi connectivity index (χ4v) is 6.54. The van der Waals surface area contributed by atoms with Crippen LogP contribution in [0.5, 0.6) is 0 Å². The number of benzene rings is 2. The third-order valence-electron chi connectivity index (χ3n) is 6.53. The Hall–Kier alpha value is -3.69. The number of thiophene rings is 1. The summed E-state index contributed by atoms with van der Waals surface area (Å²) in [7, 11) is 1.35. The molecule has 1 aliphatic carbocycles. The molecule has 9 heteroatoms. The van der Waals surface area contributed by atoms with Gasteiger partial charge in [0.05, 0.1) is 12.9 Å². The molecule has 2 heterocycles. The lowest BCUT2D eigenvalue weighted by molar-refractivity contribution is -0.113. The number of aromatic nitrogens is 3. The van der Waals surface area contributed by atoms with E-state index >= 15 is 0 Å². The fraction of sp³-hybridized carbons (Fsp3) is 0.241. The van der Waals surface area contributed by atoms with Crippen molar-refractivity contribution in [3.05, 3.63) is 95.1 Å². The van der Waals surface area contributed by atoms with Crippen LogP contribution in [0.1, 0.15) is 44.9 Å². The number of nitrogens with one attached hydrogen (secondary N) is 1. The zero-order valence-corrected chi connectivity index (χ0v) is 22.8. The van der Waals surface area contributed by atoms with E-state index in [1.54, 1.807) is 0 Å². The highest BCUT2D eigenvalue weighted by molar-refractivity contribution is 7.99. The van der Waals surface area contributed by atoms with Crippen LogP contribution in [-0.4, -0.2) is 39.5 Å². The van der Waals surface area contributed by atoms with Gasteiger partial charge in [-0.05, 0) is 30.4 Å². The summed E-state index contributed by atoms with van der Waals surface area (Å²) in [5.74, 6) is 1.08. The molecule has 4 aromatic rings. The molecular weight excluding hydrogens is 516 g/mol. The lowest BCUT2D eigenvalue weighted by Crippen LogP contribution is -2.16. The van der Waals surface area contributed by atoms with Gasteiger partial charge in [-0.25, -0.2) is 4.79 Å². The van der Waals surface area contributed by atoms with E-state index in [0.717, 1.165) is 28.2 Å². The molecule has 2 atom stereocenters. The Morgan fingerprint density at radius 2 is 1.84 bits per heavy atom. The van der Waals surface area contributed by atoms with E-state index in [1.807, 2.05) is 54.0 Å². The number of ether oxygens (including phenoxy) is 1. The minimum Gasteiger partial charge on any atom is -0.465 e. The van der Waals surface area contributed by atoms with Gasteiger partial charge in [0.15, 0.2) is 5.16 Å². The maximum atomic E-state index is 13.0. The van der Waals surface area contributed by atoms with Crippen LogP contribution >= 0.6 is 23.1 Å². The number of carbonyl (C=O) groups excluding carboxylic acids is 2. The molecular formula is C29H28N4O3S2. The molecule has 0 saturated heterocycles. The van der Waals surface area contributed by atoms with Gasteiger partial charge < -0.3 is 14.6 Å². The third kappa shape index (κ3) is 5.30. The van der Waals surface area contributed by atoms with E-state index in [4.69, 9.17) is 4.74 Å². The molecule has 0 radical (unpaired) electrons. The van der Waals surface area contributed by atoms with Crippen LogP contribution in [0.15, 0.2) is 78.5 Å². The molecule has 2 unspecified atom stereocenters. The number of esters is 1. The van der Waals surface area contributed by atoms with Crippen LogP contribution in [0.3, 0.4) is 0 Å². The normalized spacial score (nSPS) is 16.2. The molecule has 7 nitrogen and oxygen atoms in total. The smallest absolute Gasteiger partial charge is 0.341 e. The molecule has 1 N–H and O–H groups in total. The highest BCUT2D eigenvalue weighted by atomic mass is 32.2. The van der Waals surface area contributed by atoms with Crippen LogP contribution in [0.2, 0.25) is 0 Å². The van der Waals surface area contributed by atoms with Crippen LogP contribution in [0.4, 0.5) is 5.00 Å². The highest BCUT2D eigenvalue weighted by Crippen LogP contribution is 2.54. The minimum atomic E-state index is -0.482. The molecule has 1 amide bonds. The molecule has 0 bridgehead atoms. The zero-order valence-electron chi connectivity index (χ0n) is 21.2. The Bertz CT molecular complexity index is 1460. The van der Waals surface area contributed by atoms with Gasteiger partial charge in [-0.2, -0.15) is 0 Å². The summed E-state index contributed by atoms with van der Waals surface area (Å²) < 4.78 is 7.10. The maximum absolute atomic E-state index is 13.0. The van der Waals surface area contributed by atoms with Gasteiger partial charge in [-0.1, -0.05) is 78.5 Å². The van der Waals surface area contributed by atoms with Gasteiger partial charge in [0, 0.05) is 22.9 Å². The number of rotatable bonds is 10. The van der Waals surface area contributed by atoms with Gasteiger partial charge >= 0.3 is 5.97 Å². The van der Waals surface area contributed by atoms with E-state index < -0.39 is 5.97 Å². The number of carbonyl (C=O) groups is 2. The second kappa shape index (κ2) is 11.4. The molecule has 0 aliphatic heterocycles. The second-order valence-corrected chi connectivity index (χ2v) is 11.2. The lowest BCUT2D eigenvalue weighted by Gasteiger charge is -2.09. The molecule has 1 aliphatic rings. The average molecular weight is 545 g/mol. The molecule has 38 heavy (non-hydrogen) atoms. The third-order valence-corrected chi connectivity index (χ3v) is 8.52. The van der Waals surface area contributed by atoms with E-state index in [1.165, 1.54) is 35.8 Å². The molecule has 2 aromatic heterocycles. The van der Waals surface area contributed by atoms with Gasteiger partial charge in [0.25, 0.3) is 0 Å². The van der Waals surface area contributed by atoms with Crippen molar-refractivity contribution in [3.8, 4) is 11.1 Å². The molecule has 1 fully saturated rings. The average Bonchev–Trinajstić information content (AvgIpc) is 3.53. The number of amides is 1. The van der Waals surface area contributed by atoms with Crippen molar-refractivity contribution in [1.82, 2.24) is 14.8 Å². The maximum Gasteiger partial charge on any atom is 0.341 e. The van der Waals surface area contributed by atoms with Gasteiger partial charge in [-0.15, -0.1) is 28.1 Å². The molecule has 5 rings (SSSR count). The lowest BCUT2D eigenvalue weighted by atomic mass is 10.0. The summed E-state index contributed by atoms with van der Waals surface area (Å²) in [5.41, 5.74) is 3.35. The number of hydrogen-bond acceptors (Lipinski definition) is 7. The van der Waals surface area contributed by atoms with Crippen LogP contribution < -0.4 is 5.32 Å². The number of thioether (sulfide) groups is 1. The Morgan fingerprint density at radius 3 is 2.53 bits per heavy atom. The van der Waals surface area contributed by atoms with Crippen molar-refractivity contribution in [3.63, 3.8) is 0 Å². The predicted octanol–water partition coefficient (Wildman–Crippen LogP) is 6.29. The summed E-state index contributed by atoms with van der Waals surface area (Å²) in [5, 5.41) is 13.0. The molecule has 194 valence electrons. The van der Waals surface area contributed by atoms with E-state index in [2.05, 4.69) is 46.4 Å². The van der Waals surface area contributed by atoms with Crippen molar-refractivity contribution in [2.24, 2.45) is 0 Å². The fourth-order valence-electron chi connectivity index (χ4n) is 4.71. The summed E-state index contributed by atoms with van der Waals surface area (Å²) >= 11 is 2.69. The van der Waals surface area contributed by atoms with Crippen LogP contribution in [0, 0.1) is 6.92 Å². The van der Waals surface area contributed by atoms with E-state index in [0.29, 0.717) is 34.1 Å². The number of nitrogens with zero attached hydrogens (tertiary/aromatic N) is 3. The van der Waals surface area contributed by atoms with Crippen molar-refractivity contribution in [2.45, 2.75) is 36.9 Å². The summed E-state index contributed by atoms with van der Waals surface area (Å²) in [6, 6.07) is 20.1. The molecule has 2 aromatic carbocycles. The van der Waals surface area contributed by atoms with Crippen molar-refractivity contribution in [2.75, 3.05) is 18.2 Å². The monoisotopic (exact) mass is 544 g/mol. The largest absolute Gasteiger partial charge is 0.465 e. The van der Waals surface area contributed by atoms with Gasteiger partial charge in [-0.3, -0.25) is 4.79 Å². The Balaban J connectivity index is 1.31. The SMILES string of the molecule is C=CCn1c(SCC(=O)Nc2sc(C)c(-c3ccccc3)c2C(=O)OC)nnc1C1CC1c1ccccc1.